The average Bonchev–Trinajstić information content (AvgIpc) is 3.24. The molecule has 2 fully saturated rings. The normalized spacial score (nSPS) is 24.7. The summed E-state index contributed by atoms with van der Waals surface area (Å²) >= 11 is 1.54. The first-order chi connectivity index (χ1) is 12.8. The van der Waals surface area contributed by atoms with E-state index in [0.29, 0.717) is 23.3 Å². The van der Waals surface area contributed by atoms with E-state index < -0.39 is 0 Å². The van der Waals surface area contributed by atoms with Gasteiger partial charge in [-0.05, 0) is 43.9 Å². The highest BCUT2D eigenvalue weighted by Crippen LogP contribution is 2.31. The molecule has 1 saturated heterocycles. The van der Waals surface area contributed by atoms with Crippen LogP contribution in [0.15, 0.2) is 36.7 Å². The first kappa shape index (κ1) is 15.8. The molecule has 2 bridgehead atoms. The molecule has 1 amide bonds. The molecule has 3 aromatic rings. The van der Waals surface area contributed by atoms with Crippen LogP contribution in [0.5, 0.6) is 0 Å². The van der Waals surface area contributed by atoms with Crippen LogP contribution < -0.4 is 10.6 Å². The largest absolute Gasteiger partial charge is 0.348 e. The molecule has 1 saturated carbocycles. The molecule has 3 atom stereocenters. The van der Waals surface area contributed by atoms with E-state index in [2.05, 4.69) is 25.6 Å². The number of carbonyl (C=O) groups is 1. The molecule has 2 aliphatic rings. The Balaban J connectivity index is 1.43. The van der Waals surface area contributed by atoms with Crippen LogP contribution in [-0.4, -0.2) is 39.5 Å². The van der Waals surface area contributed by atoms with Crippen molar-refractivity contribution in [3.63, 3.8) is 0 Å². The third-order valence-corrected chi connectivity index (χ3v) is 6.29. The van der Waals surface area contributed by atoms with Crippen molar-refractivity contribution >= 4 is 27.5 Å². The average molecular weight is 365 g/mol. The second kappa shape index (κ2) is 6.41. The number of benzene rings is 1. The van der Waals surface area contributed by atoms with Gasteiger partial charge in [-0.15, -0.1) is 11.3 Å². The lowest BCUT2D eigenvalue weighted by molar-refractivity contribution is 0.0918. The van der Waals surface area contributed by atoms with Gasteiger partial charge in [-0.1, -0.05) is 12.1 Å². The van der Waals surface area contributed by atoms with Crippen LogP contribution in [0, 0.1) is 5.92 Å². The number of amides is 1. The van der Waals surface area contributed by atoms with Gasteiger partial charge in [0, 0.05) is 24.5 Å². The van der Waals surface area contributed by atoms with E-state index in [4.69, 9.17) is 0 Å². The number of thiazole rings is 1. The van der Waals surface area contributed by atoms with Crippen molar-refractivity contribution in [3.8, 4) is 10.7 Å². The molecule has 7 heteroatoms. The number of nitrogens with zero attached hydrogens (tertiary/aromatic N) is 3. The van der Waals surface area contributed by atoms with E-state index in [-0.39, 0.29) is 11.9 Å². The maximum atomic E-state index is 12.9. The van der Waals surface area contributed by atoms with Gasteiger partial charge < -0.3 is 10.6 Å². The van der Waals surface area contributed by atoms with Crippen LogP contribution in [0.3, 0.4) is 0 Å². The van der Waals surface area contributed by atoms with Crippen LogP contribution >= 0.6 is 11.3 Å². The van der Waals surface area contributed by atoms with Gasteiger partial charge in [-0.25, -0.2) is 15.0 Å². The monoisotopic (exact) mass is 365 g/mol. The highest BCUT2D eigenvalue weighted by molar-refractivity contribution is 7.21. The number of hydrogen-bond acceptors (Lipinski definition) is 6. The van der Waals surface area contributed by atoms with E-state index in [1.54, 1.807) is 12.4 Å². The summed E-state index contributed by atoms with van der Waals surface area (Å²) in [6, 6.07) is 8.67. The van der Waals surface area contributed by atoms with E-state index >= 15 is 0 Å². The smallest absolute Gasteiger partial charge is 0.272 e. The Kier molecular flexibility index (Phi) is 3.90. The van der Waals surface area contributed by atoms with Gasteiger partial charge in [0.15, 0.2) is 5.69 Å². The minimum atomic E-state index is -0.154. The molecule has 1 aliphatic carbocycles. The van der Waals surface area contributed by atoms with Crippen molar-refractivity contribution in [1.29, 1.82) is 0 Å². The highest BCUT2D eigenvalue weighted by Gasteiger charge is 2.35. The lowest BCUT2D eigenvalue weighted by Gasteiger charge is -2.27. The summed E-state index contributed by atoms with van der Waals surface area (Å²) < 4.78 is 1.08. The lowest BCUT2D eigenvalue weighted by Crippen LogP contribution is -2.41. The zero-order valence-electron chi connectivity index (χ0n) is 14.2. The number of hydrogen-bond donors (Lipinski definition) is 2. The molecule has 132 valence electrons. The zero-order valence-corrected chi connectivity index (χ0v) is 15.0. The van der Waals surface area contributed by atoms with Gasteiger partial charge in [0.1, 0.15) is 10.7 Å². The Hall–Kier alpha value is -2.38. The van der Waals surface area contributed by atoms with Crippen molar-refractivity contribution in [2.24, 2.45) is 5.92 Å². The van der Waals surface area contributed by atoms with Gasteiger partial charge in [0.05, 0.1) is 10.2 Å². The number of para-hydroxylation sites is 1. The summed E-state index contributed by atoms with van der Waals surface area (Å²) in [6.07, 6.45) is 6.43. The molecule has 26 heavy (non-hydrogen) atoms. The van der Waals surface area contributed by atoms with E-state index in [1.165, 1.54) is 17.8 Å². The van der Waals surface area contributed by atoms with Gasteiger partial charge in [-0.3, -0.25) is 4.79 Å². The number of rotatable bonds is 3. The minimum absolute atomic E-state index is 0.154. The zero-order chi connectivity index (χ0) is 17.5. The summed E-state index contributed by atoms with van der Waals surface area (Å²) in [5.74, 6) is 0.517. The molecule has 2 N–H and O–H groups in total. The molecule has 0 spiro atoms. The Labute approximate surface area is 155 Å². The third-order valence-electron chi connectivity index (χ3n) is 5.24. The maximum absolute atomic E-state index is 12.9. The summed E-state index contributed by atoms with van der Waals surface area (Å²) in [4.78, 5) is 26.3. The van der Waals surface area contributed by atoms with Crippen LogP contribution in [-0.2, 0) is 0 Å². The molecule has 3 unspecified atom stereocenters. The molecule has 2 aromatic heterocycles. The first-order valence-corrected chi connectivity index (χ1v) is 9.79. The van der Waals surface area contributed by atoms with Crippen LogP contribution in [0.4, 0.5) is 0 Å². The molecular formula is C19H19N5OS. The fourth-order valence-electron chi connectivity index (χ4n) is 4.11. The van der Waals surface area contributed by atoms with E-state index in [9.17, 15) is 4.79 Å². The van der Waals surface area contributed by atoms with Gasteiger partial charge in [0.2, 0.25) is 0 Å². The summed E-state index contributed by atoms with van der Waals surface area (Å²) in [5.41, 5.74) is 1.83. The quantitative estimate of drug-likeness (QED) is 0.746. The van der Waals surface area contributed by atoms with Gasteiger partial charge in [0.25, 0.3) is 5.91 Å². The summed E-state index contributed by atoms with van der Waals surface area (Å²) in [7, 11) is 0. The minimum Gasteiger partial charge on any atom is -0.348 e. The van der Waals surface area contributed by atoms with Crippen molar-refractivity contribution in [1.82, 2.24) is 25.6 Å². The predicted octanol–water partition coefficient (Wildman–Crippen LogP) is 2.62. The number of fused-ring (bicyclic) bond motifs is 3. The summed E-state index contributed by atoms with van der Waals surface area (Å²) in [6.45, 7) is 1.07. The predicted molar refractivity (Wildman–Crippen MR) is 101 cm³/mol. The van der Waals surface area contributed by atoms with Crippen molar-refractivity contribution in [2.45, 2.75) is 31.3 Å². The van der Waals surface area contributed by atoms with E-state index in [0.717, 1.165) is 34.6 Å². The topological polar surface area (TPSA) is 79.8 Å². The van der Waals surface area contributed by atoms with Crippen LogP contribution in [0.2, 0.25) is 0 Å². The SMILES string of the molecule is O=C(NC1CC2CNC(C2)C1)c1nccnc1-c1nc2ccccc2s1. The van der Waals surface area contributed by atoms with Crippen molar-refractivity contribution in [3.05, 3.63) is 42.4 Å². The second-order valence-electron chi connectivity index (χ2n) is 7.09. The Morgan fingerprint density at radius 1 is 1.15 bits per heavy atom. The number of carbonyl (C=O) groups excluding carboxylic acids is 1. The molecular weight excluding hydrogens is 346 g/mol. The number of nitrogens with one attached hydrogen (secondary N) is 2. The van der Waals surface area contributed by atoms with E-state index in [1.807, 2.05) is 24.3 Å². The van der Waals surface area contributed by atoms with Crippen molar-refractivity contribution < 1.29 is 4.79 Å². The molecule has 3 heterocycles. The summed E-state index contributed by atoms with van der Waals surface area (Å²) in [5, 5.41) is 7.43. The maximum Gasteiger partial charge on any atom is 0.272 e. The molecule has 1 aromatic carbocycles. The Morgan fingerprint density at radius 2 is 2.04 bits per heavy atom. The Morgan fingerprint density at radius 3 is 2.92 bits per heavy atom. The second-order valence-corrected chi connectivity index (χ2v) is 8.12. The highest BCUT2D eigenvalue weighted by atomic mass is 32.1. The lowest BCUT2D eigenvalue weighted by atomic mass is 9.86. The number of aromatic nitrogens is 3. The fraction of sp³-hybridized carbons (Fsp3) is 0.368. The molecule has 5 rings (SSSR count). The van der Waals surface area contributed by atoms with Crippen molar-refractivity contribution in [2.75, 3.05) is 6.54 Å². The Bertz CT molecular complexity index is 926. The molecule has 0 radical (unpaired) electrons. The standard InChI is InChI=1S/C19H19N5OS/c25-18(23-13-8-11-7-12(9-13)22-10-11)16-17(21-6-5-20-16)19-24-14-3-1-2-4-15(14)26-19/h1-6,11-13,22H,7-10H2,(H,23,25). The van der Waals surface area contributed by atoms with Gasteiger partial charge in [-0.2, -0.15) is 0 Å². The first-order valence-electron chi connectivity index (χ1n) is 8.97. The van der Waals surface area contributed by atoms with Crippen LogP contribution in [0.1, 0.15) is 29.8 Å². The molecule has 6 nitrogen and oxygen atoms in total. The third kappa shape index (κ3) is 2.87. The molecule has 1 aliphatic heterocycles. The fourth-order valence-corrected chi connectivity index (χ4v) is 5.07. The van der Waals surface area contributed by atoms with Crippen LogP contribution in [0.25, 0.3) is 20.9 Å². The van der Waals surface area contributed by atoms with Gasteiger partial charge >= 0.3 is 0 Å².